The third kappa shape index (κ3) is 3.80. The smallest absolute Gasteiger partial charge is 0.280 e. The van der Waals surface area contributed by atoms with E-state index < -0.39 is 27.7 Å². The number of hydrogen-bond donors (Lipinski definition) is 1. The first-order valence-electron chi connectivity index (χ1n) is 9.48. The SMILES string of the molecule is COc1ccc(CN2C(=O)c3cccnc3C2=O)cc1S(=O)(=O)Nc1ccc(F)cc1C. The summed E-state index contributed by atoms with van der Waals surface area (Å²) in [5.74, 6) is -1.46. The van der Waals surface area contributed by atoms with Crippen LogP contribution in [0, 0.1) is 12.7 Å². The number of nitrogens with one attached hydrogen (secondary N) is 1. The molecule has 8 nitrogen and oxygen atoms in total. The molecule has 164 valence electrons. The molecule has 10 heteroatoms. The van der Waals surface area contributed by atoms with Crippen LogP contribution in [0.5, 0.6) is 5.75 Å². The van der Waals surface area contributed by atoms with Gasteiger partial charge in [0.2, 0.25) is 0 Å². The molecule has 1 aromatic heterocycles. The number of aryl methyl sites for hydroxylation is 1. The number of anilines is 1. The molecule has 0 atom stereocenters. The summed E-state index contributed by atoms with van der Waals surface area (Å²) in [6.07, 6.45) is 1.43. The van der Waals surface area contributed by atoms with Crippen LogP contribution in [0.15, 0.2) is 59.6 Å². The van der Waals surface area contributed by atoms with Crippen molar-refractivity contribution in [2.45, 2.75) is 18.4 Å². The number of halogens is 1. The van der Waals surface area contributed by atoms with Gasteiger partial charge in [-0.2, -0.15) is 0 Å². The van der Waals surface area contributed by atoms with Crippen molar-refractivity contribution in [2.75, 3.05) is 11.8 Å². The van der Waals surface area contributed by atoms with Gasteiger partial charge in [-0.05, 0) is 60.5 Å². The van der Waals surface area contributed by atoms with Crippen molar-refractivity contribution in [3.8, 4) is 5.75 Å². The number of nitrogens with zero attached hydrogens (tertiary/aromatic N) is 2. The van der Waals surface area contributed by atoms with E-state index in [1.807, 2.05) is 0 Å². The number of amides is 2. The molecule has 4 rings (SSSR count). The zero-order valence-corrected chi connectivity index (χ0v) is 17.9. The van der Waals surface area contributed by atoms with Crippen molar-refractivity contribution in [1.29, 1.82) is 0 Å². The third-order valence-corrected chi connectivity index (χ3v) is 6.41. The van der Waals surface area contributed by atoms with Crippen LogP contribution in [0.25, 0.3) is 0 Å². The predicted octanol–water partition coefficient (Wildman–Crippen LogP) is 3.13. The van der Waals surface area contributed by atoms with Gasteiger partial charge in [-0.3, -0.25) is 24.2 Å². The van der Waals surface area contributed by atoms with Gasteiger partial charge in [0.15, 0.2) is 0 Å². The van der Waals surface area contributed by atoms with Gasteiger partial charge in [0.1, 0.15) is 22.2 Å². The van der Waals surface area contributed by atoms with E-state index in [0.29, 0.717) is 11.1 Å². The summed E-state index contributed by atoms with van der Waals surface area (Å²) in [7, 11) is -2.80. The van der Waals surface area contributed by atoms with E-state index in [4.69, 9.17) is 4.74 Å². The Hall–Kier alpha value is -3.79. The summed E-state index contributed by atoms with van der Waals surface area (Å²) in [5, 5.41) is 0. The first kappa shape index (κ1) is 21.4. The Labute approximate surface area is 183 Å². The molecule has 0 unspecified atom stereocenters. The van der Waals surface area contributed by atoms with Crippen molar-refractivity contribution < 1.29 is 27.1 Å². The van der Waals surface area contributed by atoms with Crippen molar-refractivity contribution in [3.63, 3.8) is 0 Å². The van der Waals surface area contributed by atoms with Gasteiger partial charge in [0, 0.05) is 6.20 Å². The molecule has 2 heterocycles. The summed E-state index contributed by atoms with van der Waals surface area (Å²) in [4.78, 5) is 30.0. The molecule has 0 aliphatic carbocycles. The van der Waals surface area contributed by atoms with Gasteiger partial charge >= 0.3 is 0 Å². The number of aromatic nitrogens is 1. The quantitative estimate of drug-likeness (QED) is 0.573. The maximum atomic E-state index is 13.4. The molecular weight excluding hydrogens is 437 g/mol. The molecule has 0 fully saturated rings. The minimum absolute atomic E-state index is 0.0623. The van der Waals surface area contributed by atoms with Gasteiger partial charge in [0.25, 0.3) is 21.8 Å². The molecule has 1 N–H and O–H groups in total. The Kier molecular flexibility index (Phi) is 5.39. The Bertz CT molecular complexity index is 1320. The standard InChI is InChI=1S/C22H18FN3O5S/c1-13-10-15(23)6-7-17(13)25-32(29,30)19-11-14(5-8-18(19)31-2)12-26-21(27)16-4-3-9-24-20(16)22(26)28/h3-11,25H,12H2,1-2H3. The second-order valence-corrected chi connectivity index (χ2v) is 8.80. The lowest BCUT2D eigenvalue weighted by molar-refractivity contribution is 0.0640. The monoisotopic (exact) mass is 455 g/mol. The van der Waals surface area contributed by atoms with E-state index in [0.717, 1.165) is 11.0 Å². The number of imide groups is 1. The van der Waals surface area contributed by atoms with Crippen LogP contribution in [0.3, 0.4) is 0 Å². The number of methoxy groups -OCH3 is 1. The zero-order valence-electron chi connectivity index (χ0n) is 17.1. The summed E-state index contributed by atoms with van der Waals surface area (Å²) in [6.45, 7) is 1.43. The minimum Gasteiger partial charge on any atom is -0.495 e. The van der Waals surface area contributed by atoms with Crippen LogP contribution >= 0.6 is 0 Å². The molecule has 0 spiro atoms. The number of fused-ring (bicyclic) bond motifs is 1. The predicted molar refractivity (Wildman–Crippen MR) is 113 cm³/mol. The van der Waals surface area contributed by atoms with E-state index in [1.54, 1.807) is 19.1 Å². The highest BCUT2D eigenvalue weighted by atomic mass is 32.2. The first-order valence-corrected chi connectivity index (χ1v) is 11.0. The molecule has 0 saturated heterocycles. The van der Waals surface area contributed by atoms with Gasteiger partial charge in [-0.25, -0.2) is 12.8 Å². The van der Waals surface area contributed by atoms with Crippen molar-refractivity contribution >= 4 is 27.5 Å². The summed E-state index contributed by atoms with van der Waals surface area (Å²) >= 11 is 0. The molecule has 0 radical (unpaired) electrons. The number of carbonyl (C=O) groups is 2. The van der Waals surface area contributed by atoms with Gasteiger partial charge in [0.05, 0.1) is 24.9 Å². The second-order valence-electron chi connectivity index (χ2n) is 7.15. The van der Waals surface area contributed by atoms with Crippen LogP contribution in [0.4, 0.5) is 10.1 Å². The maximum Gasteiger partial charge on any atom is 0.280 e. The van der Waals surface area contributed by atoms with Crippen molar-refractivity contribution in [3.05, 3.63) is 82.9 Å². The zero-order chi connectivity index (χ0) is 23.0. The molecule has 0 saturated carbocycles. The van der Waals surface area contributed by atoms with Gasteiger partial charge in [-0.1, -0.05) is 6.07 Å². The molecule has 2 aromatic carbocycles. The largest absolute Gasteiger partial charge is 0.495 e. The number of carbonyl (C=O) groups excluding carboxylic acids is 2. The Morgan fingerprint density at radius 1 is 1.09 bits per heavy atom. The lowest BCUT2D eigenvalue weighted by atomic mass is 10.2. The van der Waals surface area contributed by atoms with E-state index in [2.05, 4.69) is 9.71 Å². The summed E-state index contributed by atoms with van der Waals surface area (Å²) < 4.78 is 47.1. The van der Waals surface area contributed by atoms with Crippen LogP contribution in [0.1, 0.15) is 32.0 Å². The fraction of sp³-hybridized carbons (Fsp3) is 0.136. The average molecular weight is 455 g/mol. The lowest BCUT2D eigenvalue weighted by Crippen LogP contribution is -2.29. The number of rotatable bonds is 6. The van der Waals surface area contributed by atoms with Crippen molar-refractivity contribution in [2.24, 2.45) is 0 Å². The Morgan fingerprint density at radius 2 is 1.88 bits per heavy atom. The summed E-state index contributed by atoms with van der Waals surface area (Å²) in [6, 6.07) is 11.1. The average Bonchev–Trinajstić information content (AvgIpc) is 3.01. The normalized spacial score (nSPS) is 13.3. The third-order valence-electron chi connectivity index (χ3n) is 5.02. The van der Waals surface area contributed by atoms with E-state index in [1.165, 1.54) is 43.6 Å². The number of benzene rings is 2. The highest BCUT2D eigenvalue weighted by molar-refractivity contribution is 7.92. The van der Waals surface area contributed by atoms with Gasteiger partial charge < -0.3 is 4.74 Å². The first-order chi connectivity index (χ1) is 15.2. The lowest BCUT2D eigenvalue weighted by Gasteiger charge is -2.17. The molecule has 1 aliphatic rings. The number of pyridine rings is 1. The fourth-order valence-electron chi connectivity index (χ4n) is 3.41. The topological polar surface area (TPSA) is 106 Å². The molecule has 3 aromatic rings. The maximum absolute atomic E-state index is 13.4. The number of sulfonamides is 1. The second kappa shape index (κ2) is 8.04. The molecule has 2 amide bonds. The molecule has 1 aliphatic heterocycles. The van der Waals surface area contributed by atoms with E-state index >= 15 is 0 Å². The van der Waals surface area contributed by atoms with E-state index in [-0.39, 0.29) is 34.1 Å². The Balaban J connectivity index is 1.66. The van der Waals surface area contributed by atoms with Crippen LogP contribution in [-0.4, -0.2) is 37.2 Å². The fourth-order valence-corrected chi connectivity index (χ4v) is 4.76. The van der Waals surface area contributed by atoms with Crippen LogP contribution in [-0.2, 0) is 16.6 Å². The van der Waals surface area contributed by atoms with Crippen LogP contribution < -0.4 is 9.46 Å². The van der Waals surface area contributed by atoms with Gasteiger partial charge in [-0.15, -0.1) is 0 Å². The molecular formula is C22H18FN3O5S. The highest BCUT2D eigenvalue weighted by Crippen LogP contribution is 2.30. The molecule has 32 heavy (non-hydrogen) atoms. The summed E-state index contributed by atoms with van der Waals surface area (Å²) in [5.41, 5.74) is 1.28. The highest BCUT2D eigenvalue weighted by Gasteiger charge is 2.36. The van der Waals surface area contributed by atoms with Crippen LogP contribution in [0.2, 0.25) is 0 Å². The van der Waals surface area contributed by atoms with E-state index in [9.17, 15) is 22.4 Å². The Morgan fingerprint density at radius 3 is 2.56 bits per heavy atom. The number of hydrogen-bond acceptors (Lipinski definition) is 6. The minimum atomic E-state index is -4.13. The number of ether oxygens (including phenoxy) is 1. The van der Waals surface area contributed by atoms with Crippen molar-refractivity contribution in [1.82, 2.24) is 9.88 Å². The molecule has 0 bridgehead atoms.